The first-order valence-corrected chi connectivity index (χ1v) is 4.23. The van der Waals surface area contributed by atoms with E-state index in [4.69, 9.17) is 16.3 Å². The van der Waals surface area contributed by atoms with E-state index >= 15 is 0 Å². The van der Waals surface area contributed by atoms with E-state index in [0.29, 0.717) is 6.54 Å². The third kappa shape index (κ3) is 2.32. The summed E-state index contributed by atoms with van der Waals surface area (Å²) >= 11 is 5.65. The van der Waals surface area contributed by atoms with Crippen molar-refractivity contribution in [1.29, 1.82) is 0 Å². The minimum atomic E-state index is -0.510. The van der Waals surface area contributed by atoms with E-state index in [1.54, 1.807) is 12.1 Å². The van der Waals surface area contributed by atoms with Crippen molar-refractivity contribution in [2.75, 3.05) is 14.2 Å². The van der Waals surface area contributed by atoms with Gasteiger partial charge >= 0.3 is 0 Å². The van der Waals surface area contributed by atoms with Gasteiger partial charge in [0.15, 0.2) is 11.6 Å². The van der Waals surface area contributed by atoms with Gasteiger partial charge in [0.1, 0.15) is 0 Å². The number of hydrogen-bond acceptors (Lipinski definition) is 2. The second-order valence-corrected chi connectivity index (χ2v) is 3.03. The molecule has 0 bridgehead atoms. The van der Waals surface area contributed by atoms with E-state index < -0.39 is 5.82 Å². The molecular formula is C9H11ClFNO. The van der Waals surface area contributed by atoms with E-state index in [9.17, 15) is 4.39 Å². The van der Waals surface area contributed by atoms with Crippen LogP contribution in [0.15, 0.2) is 12.1 Å². The fourth-order valence-electron chi connectivity index (χ4n) is 1.07. The Morgan fingerprint density at radius 3 is 2.77 bits per heavy atom. The Morgan fingerprint density at radius 1 is 1.54 bits per heavy atom. The van der Waals surface area contributed by atoms with Crippen LogP contribution in [0.25, 0.3) is 0 Å². The highest BCUT2D eigenvalue weighted by Gasteiger charge is 2.08. The lowest BCUT2D eigenvalue weighted by Crippen LogP contribution is -2.05. The minimum Gasteiger partial charge on any atom is -0.494 e. The molecular weight excluding hydrogens is 193 g/mol. The van der Waals surface area contributed by atoms with Gasteiger partial charge in [-0.3, -0.25) is 0 Å². The number of hydrogen-bond donors (Lipinski definition) is 1. The smallest absolute Gasteiger partial charge is 0.183 e. The van der Waals surface area contributed by atoms with Gasteiger partial charge < -0.3 is 10.1 Å². The zero-order valence-corrected chi connectivity index (χ0v) is 8.28. The van der Waals surface area contributed by atoms with Crippen LogP contribution in [0.1, 0.15) is 5.56 Å². The number of nitrogens with one attached hydrogen (secondary N) is 1. The summed E-state index contributed by atoms with van der Waals surface area (Å²) in [5.74, 6) is -0.332. The van der Waals surface area contributed by atoms with Gasteiger partial charge in [0, 0.05) is 6.54 Å². The van der Waals surface area contributed by atoms with Crippen LogP contribution >= 0.6 is 11.6 Å². The predicted molar refractivity (Wildman–Crippen MR) is 50.7 cm³/mol. The molecule has 0 radical (unpaired) electrons. The highest BCUT2D eigenvalue weighted by atomic mass is 35.5. The molecule has 0 amide bonds. The molecule has 13 heavy (non-hydrogen) atoms. The standard InChI is InChI=1S/C9H11ClFNO/c1-12-5-6-3-7(10)9(11)8(4-6)13-2/h3-4,12H,5H2,1-2H3. The molecule has 0 aliphatic rings. The highest BCUT2D eigenvalue weighted by molar-refractivity contribution is 6.30. The summed E-state index contributed by atoms with van der Waals surface area (Å²) in [7, 11) is 3.22. The molecule has 0 aliphatic heterocycles. The molecule has 0 atom stereocenters. The molecule has 1 rings (SSSR count). The SMILES string of the molecule is CNCc1cc(Cl)c(F)c(OC)c1. The largest absolute Gasteiger partial charge is 0.494 e. The molecule has 0 spiro atoms. The number of methoxy groups -OCH3 is 1. The molecule has 0 unspecified atom stereocenters. The van der Waals surface area contributed by atoms with E-state index in [-0.39, 0.29) is 10.8 Å². The minimum absolute atomic E-state index is 0.0876. The van der Waals surface area contributed by atoms with Crippen molar-refractivity contribution in [2.45, 2.75) is 6.54 Å². The molecule has 2 nitrogen and oxygen atoms in total. The fourth-order valence-corrected chi connectivity index (χ4v) is 1.31. The third-order valence-electron chi connectivity index (χ3n) is 1.66. The number of rotatable bonds is 3. The van der Waals surface area contributed by atoms with Gasteiger partial charge in [0.05, 0.1) is 12.1 Å². The van der Waals surface area contributed by atoms with E-state index in [2.05, 4.69) is 5.32 Å². The molecule has 0 heterocycles. The summed E-state index contributed by atoms with van der Waals surface area (Å²) in [6, 6.07) is 3.20. The number of halogens is 2. The van der Waals surface area contributed by atoms with Gasteiger partial charge in [-0.1, -0.05) is 11.6 Å². The maximum Gasteiger partial charge on any atom is 0.183 e. The molecule has 1 aromatic carbocycles. The van der Waals surface area contributed by atoms with Crippen LogP contribution in [-0.2, 0) is 6.54 Å². The van der Waals surface area contributed by atoms with Crippen molar-refractivity contribution in [3.05, 3.63) is 28.5 Å². The van der Waals surface area contributed by atoms with Crippen molar-refractivity contribution in [3.8, 4) is 5.75 Å². The maximum atomic E-state index is 13.1. The summed E-state index contributed by atoms with van der Waals surface area (Å²) in [5.41, 5.74) is 0.894. The number of ether oxygens (including phenoxy) is 1. The van der Waals surface area contributed by atoms with Crippen molar-refractivity contribution in [2.24, 2.45) is 0 Å². The van der Waals surface area contributed by atoms with Crippen molar-refractivity contribution in [1.82, 2.24) is 5.32 Å². The van der Waals surface area contributed by atoms with Crippen molar-refractivity contribution in [3.63, 3.8) is 0 Å². The first kappa shape index (κ1) is 10.3. The normalized spacial score (nSPS) is 10.2. The zero-order valence-electron chi connectivity index (χ0n) is 7.53. The lowest BCUT2D eigenvalue weighted by Gasteiger charge is -2.06. The summed E-state index contributed by atoms with van der Waals surface area (Å²) in [5, 5.41) is 3.03. The van der Waals surface area contributed by atoms with Crippen LogP contribution in [-0.4, -0.2) is 14.2 Å². The Bertz CT molecular complexity index is 304. The highest BCUT2D eigenvalue weighted by Crippen LogP contribution is 2.26. The van der Waals surface area contributed by atoms with Gasteiger partial charge in [-0.05, 0) is 24.7 Å². The average Bonchev–Trinajstić information content (AvgIpc) is 2.11. The summed E-state index contributed by atoms with van der Waals surface area (Å²) in [4.78, 5) is 0. The number of benzene rings is 1. The fraction of sp³-hybridized carbons (Fsp3) is 0.333. The van der Waals surface area contributed by atoms with Gasteiger partial charge in [-0.15, -0.1) is 0 Å². The summed E-state index contributed by atoms with van der Waals surface area (Å²) in [6.45, 7) is 0.635. The summed E-state index contributed by atoms with van der Waals surface area (Å²) in [6.07, 6.45) is 0. The molecule has 0 aromatic heterocycles. The molecule has 0 saturated carbocycles. The van der Waals surface area contributed by atoms with Crippen molar-refractivity contribution >= 4 is 11.6 Å². The first-order chi connectivity index (χ1) is 6.19. The van der Waals surface area contributed by atoms with Crippen molar-refractivity contribution < 1.29 is 9.13 Å². The molecule has 1 aromatic rings. The van der Waals surface area contributed by atoms with E-state index in [0.717, 1.165) is 5.56 Å². The van der Waals surface area contributed by atoms with Gasteiger partial charge in [-0.2, -0.15) is 0 Å². The Hall–Kier alpha value is -0.800. The molecule has 72 valence electrons. The molecule has 0 fully saturated rings. The van der Waals surface area contributed by atoms with E-state index in [1.807, 2.05) is 7.05 Å². The quantitative estimate of drug-likeness (QED) is 0.814. The van der Waals surface area contributed by atoms with Crippen LogP contribution in [0.4, 0.5) is 4.39 Å². The Morgan fingerprint density at radius 2 is 2.23 bits per heavy atom. The zero-order chi connectivity index (χ0) is 9.84. The maximum absolute atomic E-state index is 13.1. The molecule has 0 aliphatic carbocycles. The molecule has 4 heteroatoms. The second-order valence-electron chi connectivity index (χ2n) is 2.62. The van der Waals surface area contributed by atoms with Crippen LogP contribution in [0, 0.1) is 5.82 Å². The molecule has 1 N–H and O–H groups in total. The molecule has 0 saturated heterocycles. The topological polar surface area (TPSA) is 21.3 Å². The van der Waals surface area contributed by atoms with Crippen LogP contribution in [0.5, 0.6) is 5.75 Å². The average molecular weight is 204 g/mol. The second kappa shape index (κ2) is 4.44. The Labute approximate surface area is 81.7 Å². The Balaban J connectivity index is 3.06. The lowest BCUT2D eigenvalue weighted by molar-refractivity contribution is 0.386. The van der Waals surface area contributed by atoms with Crippen LogP contribution < -0.4 is 10.1 Å². The van der Waals surface area contributed by atoms with Crippen LogP contribution in [0.2, 0.25) is 5.02 Å². The first-order valence-electron chi connectivity index (χ1n) is 3.85. The lowest BCUT2D eigenvalue weighted by atomic mass is 10.2. The predicted octanol–water partition coefficient (Wildman–Crippen LogP) is 2.21. The van der Waals surface area contributed by atoms with Crippen LogP contribution in [0.3, 0.4) is 0 Å². The van der Waals surface area contributed by atoms with Gasteiger partial charge in [-0.25, -0.2) is 4.39 Å². The Kier molecular flexibility index (Phi) is 3.51. The monoisotopic (exact) mass is 203 g/mol. The van der Waals surface area contributed by atoms with Gasteiger partial charge in [0.25, 0.3) is 0 Å². The van der Waals surface area contributed by atoms with Gasteiger partial charge in [0.2, 0.25) is 0 Å². The third-order valence-corrected chi connectivity index (χ3v) is 1.93. The summed E-state index contributed by atoms with van der Waals surface area (Å²) < 4.78 is 18.0. The van der Waals surface area contributed by atoms with E-state index in [1.165, 1.54) is 7.11 Å².